The first-order chi connectivity index (χ1) is 9.36. The zero-order chi connectivity index (χ0) is 14.8. The van der Waals surface area contributed by atoms with Crippen molar-refractivity contribution in [3.8, 4) is 0 Å². The molecule has 1 aliphatic heterocycles. The Bertz CT molecular complexity index is 602. The molecule has 0 aliphatic carbocycles. The molecule has 1 N–H and O–H groups in total. The standard InChI is InChI=1S/C12H18N4O3S/c1-9-5-6-13-12(14-9)15-11(17)10-4-3-7-16(8-10)20(2,18)19/h5-6,10H,3-4,7-8H2,1-2H3,(H,13,14,15,17)/t10-/m0/s1. The number of aryl methyl sites for hydroxylation is 1. The summed E-state index contributed by atoms with van der Waals surface area (Å²) < 4.78 is 24.4. The monoisotopic (exact) mass is 298 g/mol. The molecule has 0 bridgehead atoms. The van der Waals surface area contributed by atoms with Gasteiger partial charge in [-0.15, -0.1) is 0 Å². The second kappa shape index (κ2) is 5.84. The number of aromatic nitrogens is 2. The van der Waals surface area contributed by atoms with E-state index in [9.17, 15) is 13.2 Å². The summed E-state index contributed by atoms with van der Waals surface area (Å²) >= 11 is 0. The molecule has 2 heterocycles. The first kappa shape index (κ1) is 14.9. The molecule has 1 atom stereocenters. The summed E-state index contributed by atoms with van der Waals surface area (Å²) in [5, 5.41) is 2.64. The van der Waals surface area contributed by atoms with Crippen LogP contribution in [0, 0.1) is 12.8 Å². The fourth-order valence-corrected chi connectivity index (χ4v) is 3.09. The highest BCUT2D eigenvalue weighted by Crippen LogP contribution is 2.19. The van der Waals surface area contributed by atoms with Gasteiger partial charge in [0, 0.05) is 25.0 Å². The minimum atomic E-state index is -3.25. The molecule has 2 rings (SSSR count). The average Bonchev–Trinajstić information content (AvgIpc) is 2.38. The third-order valence-corrected chi connectivity index (χ3v) is 4.52. The van der Waals surface area contributed by atoms with Crippen LogP contribution in [0.25, 0.3) is 0 Å². The van der Waals surface area contributed by atoms with Gasteiger partial charge in [-0.1, -0.05) is 0 Å². The van der Waals surface area contributed by atoms with Crippen LogP contribution in [0.4, 0.5) is 5.95 Å². The first-order valence-electron chi connectivity index (χ1n) is 6.42. The van der Waals surface area contributed by atoms with Crippen molar-refractivity contribution >= 4 is 21.9 Å². The van der Waals surface area contributed by atoms with Gasteiger partial charge in [-0.05, 0) is 25.8 Å². The van der Waals surface area contributed by atoms with Gasteiger partial charge in [0.15, 0.2) is 0 Å². The Balaban J connectivity index is 2.02. The molecular weight excluding hydrogens is 280 g/mol. The van der Waals surface area contributed by atoms with Crippen molar-refractivity contribution in [2.75, 3.05) is 24.7 Å². The van der Waals surface area contributed by atoms with Gasteiger partial charge >= 0.3 is 0 Å². The molecule has 1 aliphatic rings. The molecule has 0 unspecified atom stereocenters. The lowest BCUT2D eigenvalue weighted by atomic mass is 9.99. The van der Waals surface area contributed by atoms with Crippen LogP contribution >= 0.6 is 0 Å². The predicted molar refractivity (Wildman–Crippen MR) is 74.5 cm³/mol. The van der Waals surface area contributed by atoms with Gasteiger partial charge in [-0.25, -0.2) is 22.7 Å². The van der Waals surface area contributed by atoms with Crippen molar-refractivity contribution in [1.82, 2.24) is 14.3 Å². The topological polar surface area (TPSA) is 92.3 Å². The number of anilines is 1. The second-order valence-corrected chi connectivity index (χ2v) is 6.95. The summed E-state index contributed by atoms with van der Waals surface area (Å²) in [5.74, 6) is -0.335. The van der Waals surface area contributed by atoms with E-state index < -0.39 is 10.0 Å². The maximum absolute atomic E-state index is 12.1. The number of rotatable bonds is 3. The quantitative estimate of drug-likeness (QED) is 0.871. The zero-order valence-electron chi connectivity index (χ0n) is 11.5. The Morgan fingerprint density at radius 1 is 1.50 bits per heavy atom. The van der Waals surface area contributed by atoms with Crippen molar-refractivity contribution < 1.29 is 13.2 Å². The molecular formula is C12H18N4O3S. The van der Waals surface area contributed by atoms with E-state index in [0.717, 1.165) is 11.9 Å². The zero-order valence-corrected chi connectivity index (χ0v) is 12.4. The summed E-state index contributed by atoms with van der Waals surface area (Å²) in [7, 11) is -3.25. The van der Waals surface area contributed by atoms with Crippen LogP contribution in [-0.4, -0.2) is 47.9 Å². The minimum Gasteiger partial charge on any atom is -0.294 e. The maximum atomic E-state index is 12.1. The lowest BCUT2D eigenvalue weighted by Gasteiger charge is -2.29. The fourth-order valence-electron chi connectivity index (χ4n) is 2.18. The highest BCUT2D eigenvalue weighted by molar-refractivity contribution is 7.88. The van der Waals surface area contributed by atoms with Crippen LogP contribution in [0.2, 0.25) is 0 Å². The number of nitrogens with one attached hydrogen (secondary N) is 1. The normalized spacial score (nSPS) is 20.6. The highest BCUT2D eigenvalue weighted by Gasteiger charge is 2.30. The summed E-state index contributed by atoms with van der Waals surface area (Å²) in [6.45, 7) is 2.50. The van der Waals surface area contributed by atoms with E-state index in [4.69, 9.17) is 0 Å². The number of amides is 1. The fraction of sp³-hybridized carbons (Fsp3) is 0.583. The van der Waals surface area contributed by atoms with Crippen molar-refractivity contribution in [3.63, 3.8) is 0 Å². The van der Waals surface area contributed by atoms with Gasteiger partial charge in [0.25, 0.3) is 0 Å². The second-order valence-electron chi connectivity index (χ2n) is 4.97. The van der Waals surface area contributed by atoms with Crippen LogP contribution in [0.1, 0.15) is 18.5 Å². The SMILES string of the molecule is Cc1ccnc(NC(=O)[C@H]2CCCN(S(C)(=O)=O)C2)n1. The number of hydrogen-bond donors (Lipinski definition) is 1. The van der Waals surface area contributed by atoms with E-state index in [1.54, 1.807) is 12.3 Å². The van der Waals surface area contributed by atoms with E-state index in [1.807, 2.05) is 6.92 Å². The van der Waals surface area contributed by atoms with Crippen molar-refractivity contribution in [2.45, 2.75) is 19.8 Å². The average molecular weight is 298 g/mol. The molecule has 7 nitrogen and oxygen atoms in total. The largest absolute Gasteiger partial charge is 0.294 e. The lowest BCUT2D eigenvalue weighted by Crippen LogP contribution is -2.43. The maximum Gasteiger partial charge on any atom is 0.231 e. The molecule has 1 fully saturated rings. The Morgan fingerprint density at radius 2 is 2.25 bits per heavy atom. The van der Waals surface area contributed by atoms with Gasteiger partial charge in [-0.2, -0.15) is 0 Å². The van der Waals surface area contributed by atoms with E-state index in [0.29, 0.717) is 19.4 Å². The third-order valence-electron chi connectivity index (χ3n) is 3.25. The van der Waals surface area contributed by atoms with Crippen molar-refractivity contribution in [1.29, 1.82) is 0 Å². The molecule has 1 saturated heterocycles. The Labute approximate surface area is 118 Å². The van der Waals surface area contributed by atoms with E-state index >= 15 is 0 Å². The molecule has 0 radical (unpaired) electrons. The van der Waals surface area contributed by atoms with E-state index in [2.05, 4.69) is 15.3 Å². The van der Waals surface area contributed by atoms with Crippen LogP contribution in [0.15, 0.2) is 12.3 Å². The van der Waals surface area contributed by atoms with Gasteiger partial charge < -0.3 is 0 Å². The number of carbonyl (C=O) groups excluding carboxylic acids is 1. The minimum absolute atomic E-state index is 0.219. The molecule has 1 amide bonds. The van der Waals surface area contributed by atoms with Crippen LogP contribution < -0.4 is 5.32 Å². The van der Waals surface area contributed by atoms with Gasteiger partial charge in [0.05, 0.1) is 12.2 Å². The van der Waals surface area contributed by atoms with Gasteiger partial charge in [0.2, 0.25) is 21.9 Å². The Hall–Kier alpha value is -1.54. The molecule has 0 saturated carbocycles. The Kier molecular flexibility index (Phi) is 4.34. The van der Waals surface area contributed by atoms with E-state index in [1.165, 1.54) is 4.31 Å². The summed E-state index contributed by atoms with van der Waals surface area (Å²) in [4.78, 5) is 20.2. The molecule has 110 valence electrons. The van der Waals surface area contributed by atoms with Crippen molar-refractivity contribution in [3.05, 3.63) is 18.0 Å². The number of nitrogens with zero attached hydrogens (tertiary/aromatic N) is 3. The number of carbonyl (C=O) groups is 1. The van der Waals surface area contributed by atoms with Gasteiger partial charge in [-0.3, -0.25) is 10.1 Å². The number of piperidine rings is 1. The summed E-state index contributed by atoms with van der Waals surface area (Å²) in [6.07, 6.45) is 4.09. The van der Waals surface area contributed by atoms with Crippen LogP contribution in [-0.2, 0) is 14.8 Å². The van der Waals surface area contributed by atoms with Crippen LogP contribution in [0.3, 0.4) is 0 Å². The summed E-state index contributed by atoms with van der Waals surface area (Å²) in [6, 6.07) is 1.74. The molecule has 1 aromatic heterocycles. The first-order valence-corrected chi connectivity index (χ1v) is 8.27. The number of hydrogen-bond acceptors (Lipinski definition) is 5. The summed E-state index contributed by atoms with van der Waals surface area (Å²) in [5.41, 5.74) is 0.761. The molecule has 0 spiro atoms. The molecule has 8 heteroatoms. The molecule has 0 aromatic carbocycles. The predicted octanol–water partition coefficient (Wildman–Crippen LogP) is 0.395. The number of sulfonamides is 1. The van der Waals surface area contributed by atoms with Gasteiger partial charge in [0.1, 0.15) is 0 Å². The van der Waals surface area contributed by atoms with Crippen molar-refractivity contribution in [2.24, 2.45) is 5.92 Å². The third kappa shape index (κ3) is 3.73. The smallest absolute Gasteiger partial charge is 0.231 e. The van der Waals surface area contributed by atoms with Crippen LogP contribution in [0.5, 0.6) is 0 Å². The Morgan fingerprint density at radius 3 is 2.90 bits per heavy atom. The van der Waals surface area contributed by atoms with E-state index in [-0.39, 0.29) is 24.3 Å². The lowest BCUT2D eigenvalue weighted by molar-refractivity contribution is -0.120. The molecule has 20 heavy (non-hydrogen) atoms. The highest BCUT2D eigenvalue weighted by atomic mass is 32.2. The molecule has 1 aromatic rings.